The number of rotatable bonds is 4. The third-order valence-corrected chi connectivity index (χ3v) is 3.86. The van der Waals surface area contributed by atoms with E-state index in [1.165, 1.54) is 11.9 Å². The molecule has 0 aliphatic carbocycles. The highest BCUT2D eigenvalue weighted by atomic mass is 16.6. The highest BCUT2D eigenvalue weighted by Crippen LogP contribution is 2.17. The standard InChI is InChI=1S/C17H22N2O5/c1-4-23-17(22)15-13(10-18(2)11-14(20)19(15)3)24-16(21)12-8-6-5-7-9-12/h5-9,13,15H,4,10-11H2,1-3H3/t13-,15+/m0/s1. The summed E-state index contributed by atoms with van der Waals surface area (Å²) in [6.07, 6.45) is -0.807. The first-order chi connectivity index (χ1) is 11.4. The first-order valence-corrected chi connectivity index (χ1v) is 7.81. The molecule has 7 heteroatoms. The second-order valence-electron chi connectivity index (χ2n) is 5.71. The Bertz CT molecular complexity index is 604. The van der Waals surface area contributed by atoms with Gasteiger partial charge in [-0.25, -0.2) is 9.59 Å². The van der Waals surface area contributed by atoms with Crippen molar-refractivity contribution in [2.75, 3.05) is 33.8 Å². The normalized spacial score (nSPS) is 22.0. The summed E-state index contributed by atoms with van der Waals surface area (Å²) in [4.78, 5) is 39.9. The van der Waals surface area contributed by atoms with Crippen LogP contribution in [0, 0.1) is 0 Å². The van der Waals surface area contributed by atoms with Gasteiger partial charge in [0.1, 0.15) is 6.10 Å². The molecule has 2 atom stereocenters. The van der Waals surface area contributed by atoms with Crippen LogP contribution in [0.5, 0.6) is 0 Å². The zero-order valence-corrected chi connectivity index (χ0v) is 14.1. The smallest absolute Gasteiger partial charge is 0.338 e. The van der Waals surface area contributed by atoms with Gasteiger partial charge in [0.05, 0.1) is 18.7 Å². The maximum Gasteiger partial charge on any atom is 0.338 e. The maximum atomic E-state index is 12.3. The molecule has 0 spiro atoms. The molecular weight excluding hydrogens is 312 g/mol. The van der Waals surface area contributed by atoms with Crippen molar-refractivity contribution in [2.24, 2.45) is 0 Å². The molecule has 24 heavy (non-hydrogen) atoms. The number of carbonyl (C=O) groups is 3. The molecule has 1 amide bonds. The molecule has 7 nitrogen and oxygen atoms in total. The second kappa shape index (κ2) is 7.92. The zero-order chi connectivity index (χ0) is 17.7. The molecular formula is C17H22N2O5. The quantitative estimate of drug-likeness (QED) is 0.749. The summed E-state index contributed by atoms with van der Waals surface area (Å²) in [5.41, 5.74) is 0.390. The minimum atomic E-state index is -0.963. The molecule has 1 aromatic carbocycles. The van der Waals surface area contributed by atoms with Gasteiger partial charge in [-0.2, -0.15) is 0 Å². The van der Waals surface area contributed by atoms with E-state index in [-0.39, 0.29) is 25.6 Å². The molecule has 1 heterocycles. The topological polar surface area (TPSA) is 76.1 Å². The number of hydrogen-bond donors (Lipinski definition) is 0. The van der Waals surface area contributed by atoms with Gasteiger partial charge in [-0.1, -0.05) is 18.2 Å². The zero-order valence-electron chi connectivity index (χ0n) is 14.1. The molecule has 1 aliphatic rings. The summed E-state index contributed by atoms with van der Waals surface area (Å²) in [7, 11) is 3.26. The van der Waals surface area contributed by atoms with Crippen LogP contribution in [0.2, 0.25) is 0 Å². The number of amides is 1. The molecule has 1 aliphatic heterocycles. The van der Waals surface area contributed by atoms with Crippen LogP contribution >= 0.6 is 0 Å². The average Bonchev–Trinajstić information content (AvgIpc) is 2.65. The first kappa shape index (κ1) is 17.9. The van der Waals surface area contributed by atoms with Gasteiger partial charge in [0, 0.05) is 13.6 Å². The van der Waals surface area contributed by atoms with Crippen LogP contribution in [-0.4, -0.2) is 73.6 Å². The lowest BCUT2D eigenvalue weighted by molar-refractivity contribution is -0.157. The predicted molar refractivity (Wildman–Crippen MR) is 86.3 cm³/mol. The summed E-state index contributed by atoms with van der Waals surface area (Å²) in [5, 5.41) is 0. The molecule has 0 saturated carbocycles. The van der Waals surface area contributed by atoms with Gasteiger partial charge in [0.2, 0.25) is 5.91 Å². The molecule has 0 bridgehead atoms. The van der Waals surface area contributed by atoms with Crippen LogP contribution in [0.15, 0.2) is 30.3 Å². The Labute approximate surface area is 141 Å². The van der Waals surface area contributed by atoms with Crippen molar-refractivity contribution in [1.29, 1.82) is 0 Å². The molecule has 1 aromatic rings. The van der Waals surface area contributed by atoms with Gasteiger partial charge in [0.25, 0.3) is 0 Å². The van der Waals surface area contributed by atoms with Crippen molar-refractivity contribution < 1.29 is 23.9 Å². The van der Waals surface area contributed by atoms with E-state index in [1.54, 1.807) is 49.2 Å². The average molecular weight is 334 g/mol. The maximum absolute atomic E-state index is 12.3. The van der Waals surface area contributed by atoms with Crippen LogP contribution < -0.4 is 0 Å². The van der Waals surface area contributed by atoms with Gasteiger partial charge in [-0.05, 0) is 26.1 Å². The highest BCUT2D eigenvalue weighted by Gasteiger charge is 2.41. The first-order valence-electron chi connectivity index (χ1n) is 7.81. The number of carbonyl (C=O) groups excluding carboxylic acids is 3. The van der Waals surface area contributed by atoms with Gasteiger partial charge < -0.3 is 14.4 Å². The molecule has 0 N–H and O–H groups in total. The number of nitrogens with zero attached hydrogens (tertiary/aromatic N) is 2. The van der Waals surface area contributed by atoms with E-state index in [9.17, 15) is 14.4 Å². The van der Waals surface area contributed by atoms with Crippen molar-refractivity contribution in [3.63, 3.8) is 0 Å². The Kier molecular flexibility index (Phi) is 5.92. The predicted octanol–water partition coefficient (Wildman–Crippen LogP) is 0.548. The lowest BCUT2D eigenvalue weighted by Crippen LogP contribution is -2.51. The Morgan fingerprint density at radius 1 is 1.21 bits per heavy atom. The van der Waals surface area contributed by atoms with Crippen molar-refractivity contribution in [3.05, 3.63) is 35.9 Å². The molecule has 1 fully saturated rings. The summed E-state index contributed by atoms with van der Waals surface area (Å²) < 4.78 is 10.6. The Morgan fingerprint density at radius 3 is 2.50 bits per heavy atom. The van der Waals surface area contributed by atoms with Crippen molar-refractivity contribution >= 4 is 17.8 Å². The largest absolute Gasteiger partial charge is 0.464 e. The van der Waals surface area contributed by atoms with Crippen molar-refractivity contribution in [2.45, 2.75) is 19.1 Å². The lowest BCUT2D eigenvalue weighted by Gasteiger charge is -2.29. The Hall–Kier alpha value is -2.41. The fourth-order valence-electron chi connectivity index (χ4n) is 2.64. The lowest BCUT2D eigenvalue weighted by atomic mass is 10.1. The molecule has 0 radical (unpaired) electrons. The Morgan fingerprint density at radius 2 is 1.88 bits per heavy atom. The fourth-order valence-corrected chi connectivity index (χ4v) is 2.64. The number of likely N-dealkylation sites (N-methyl/N-ethyl adjacent to an activating group) is 2. The van der Waals surface area contributed by atoms with E-state index in [0.717, 1.165) is 0 Å². The molecule has 1 saturated heterocycles. The molecule has 130 valence electrons. The molecule has 2 rings (SSSR count). The molecule has 0 unspecified atom stereocenters. The van der Waals surface area contributed by atoms with E-state index in [0.29, 0.717) is 5.56 Å². The third-order valence-electron chi connectivity index (χ3n) is 3.86. The number of esters is 2. The minimum absolute atomic E-state index is 0.145. The molecule has 0 aromatic heterocycles. The third kappa shape index (κ3) is 4.11. The van der Waals surface area contributed by atoms with E-state index >= 15 is 0 Å². The van der Waals surface area contributed by atoms with Crippen LogP contribution in [0.1, 0.15) is 17.3 Å². The van der Waals surface area contributed by atoms with Gasteiger partial charge in [-0.3, -0.25) is 9.69 Å². The van der Waals surface area contributed by atoms with Gasteiger partial charge in [0.15, 0.2) is 6.04 Å². The van der Waals surface area contributed by atoms with Crippen molar-refractivity contribution in [1.82, 2.24) is 9.80 Å². The SMILES string of the molecule is CCOC(=O)[C@H]1[C@@H](OC(=O)c2ccccc2)CN(C)CC(=O)N1C. The highest BCUT2D eigenvalue weighted by molar-refractivity contribution is 5.91. The van der Waals surface area contributed by atoms with E-state index in [4.69, 9.17) is 9.47 Å². The number of benzene rings is 1. The van der Waals surface area contributed by atoms with Crippen LogP contribution in [0.4, 0.5) is 0 Å². The monoisotopic (exact) mass is 334 g/mol. The van der Waals surface area contributed by atoms with E-state index in [1.807, 2.05) is 0 Å². The minimum Gasteiger partial charge on any atom is -0.464 e. The fraction of sp³-hybridized carbons (Fsp3) is 0.471. The summed E-state index contributed by atoms with van der Waals surface area (Å²) >= 11 is 0. The van der Waals surface area contributed by atoms with E-state index < -0.39 is 24.1 Å². The van der Waals surface area contributed by atoms with E-state index in [2.05, 4.69) is 0 Å². The van der Waals surface area contributed by atoms with Crippen LogP contribution in [0.25, 0.3) is 0 Å². The second-order valence-corrected chi connectivity index (χ2v) is 5.71. The summed E-state index contributed by atoms with van der Waals surface area (Å²) in [6.45, 7) is 2.28. The summed E-state index contributed by atoms with van der Waals surface area (Å²) in [5.74, 6) is -1.34. The van der Waals surface area contributed by atoms with Crippen LogP contribution in [0.3, 0.4) is 0 Å². The number of hydrogen-bond acceptors (Lipinski definition) is 6. The van der Waals surface area contributed by atoms with Gasteiger partial charge >= 0.3 is 11.9 Å². The van der Waals surface area contributed by atoms with Crippen molar-refractivity contribution in [3.8, 4) is 0 Å². The van der Waals surface area contributed by atoms with Crippen LogP contribution in [-0.2, 0) is 19.1 Å². The number of ether oxygens (including phenoxy) is 2. The summed E-state index contributed by atoms with van der Waals surface area (Å²) in [6, 6.07) is 7.57. The Balaban J connectivity index is 2.25. The van der Waals surface area contributed by atoms with Gasteiger partial charge in [-0.15, -0.1) is 0 Å².